The summed E-state index contributed by atoms with van der Waals surface area (Å²) in [5.41, 5.74) is 6.83. The standard InChI is InChI=1S/C14H23N3/c1-11(7-6-8-12(2)16)13(3)17-10-14(4,5)9-15/h6-8,11,17H,3,10,16H2,1-2,4-5H3/b7-6-,12-8-. The predicted molar refractivity (Wildman–Crippen MR) is 72.8 cm³/mol. The Morgan fingerprint density at radius 2 is 2.18 bits per heavy atom. The molecule has 0 aromatic carbocycles. The summed E-state index contributed by atoms with van der Waals surface area (Å²) in [5.74, 6) is 0.208. The van der Waals surface area contributed by atoms with Crippen molar-refractivity contribution in [2.24, 2.45) is 17.1 Å². The van der Waals surface area contributed by atoms with Gasteiger partial charge in [0.25, 0.3) is 0 Å². The van der Waals surface area contributed by atoms with Gasteiger partial charge in [-0.3, -0.25) is 0 Å². The van der Waals surface area contributed by atoms with E-state index in [1.807, 2.05) is 45.9 Å². The molecule has 0 rings (SSSR count). The number of nitrogens with one attached hydrogen (secondary N) is 1. The highest BCUT2D eigenvalue weighted by molar-refractivity contribution is 5.14. The van der Waals surface area contributed by atoms with Crippen molar-refractivity contribution < 1.29 is 0 Å². The van der Waals surface area contributed by atoms with Gasteiger partial charge in [0.2, 0.25) is 0 Å². The zero-order chi connectivity index (χ0) is 13.5. The maximum Gasteiger partial charge on any atom is 0.0702 e. The zero-order valence-electron chi connectivity index (χ0n) is 11.2. The van der Waals surface area contributed by atoms with E-state index in [1.165, 1.54) is 0 Å². The summed E-state index contributed by atoms with van der Waals surface area (Å²) >= 11 is 0. The van der Waals surface area contributed by atoms with Crippen LogP contribution < -0.4 is 11.1 Å². The van der Waals surface area contributed by atoms with Crippen molar-refractivity contribution in [3.05, 3.63) is 36.2 Å². The van der Waals surface area contributed by atoms with Crippen molar-refractivity contribution in [2.45, 2.75) is 27.7 Å². The summed E-state index contributed by atoms with van der Waals surface area (Å²) in [7, 11) is 0. The first-order chi connectivity index (χ1) is 7.78. The molecular formula is C14H23N3. The average Bonchev–Trinajstić information content (AvgIpc) is 2.25. The fourth-order valence-corrected chi connectivity index (χ4v) is 1.03. The minimum Gasteiger partial charge on any atom is -0.402 e. The smallest absolute Gasteiger partial charge is 0.0702 e. The average molecular weight is 233 g/mol. The van der Waals surface area contributed by atoms with Crippen LogP contribution in [-0.4, -0.2) is 6.54 Å². The molecule has 0 aromatic rings. The largest absolute Gasteiger partial charge is 0.402 e. The lowest BCUT2D eigenvalue weighted by molar-refractivity contribution is 0.460. The van der Waals surface area contributed by atoms with E-state index >= 15 is 0 Å². The van der Waals surface area contributed by atoms with Gasteiger partial charge >= 0.3 is 0 Å². The zero-order valence-corrected chi connectivity index (χ0v) is 11.2. The van der Waals surface area contributed by atoms with Crippen LogP contribution in [0.2, 0.25) is 0 Å². The molecule has 3 N–H and O–H groups in total. The summed E-state index contributed by atoms with van der Waals surface area (Å²) in [6.45, 7) is 12.3. The Labute approximate surface area is 105 Å². The SMILES string of the molecule is C=C(NCC(C)(C)C#N)C(C)/C=C\C=C(\C)N. The number of nitriles is 1. The van der Waals surface area contributed by atoms with Gasteiger partial charge in [-0.15, -0.1) is 0 Å². The molecule has 94 valence electrons. The Morgan fingerprint density at radius 1 is 1.59 bits per heavy atom. The van der Waals surface area contributed by atoms with Crippen LogP contribution in [0.3, 0.4) is 0 Å². The van der Waals surface area contributed by atoms with Gasteiger partial charge in [-0.05, 0) is 26.8 Å². The van der Waals surface area contributed by atoms with Crippen molar-refractivity contribution >= 4 is 0 Å². The highest BCUT2D eigenvalue weighted by Gasteiger charge is 2.16. The lowest BCUT2D eigenvalue weighted by atomic mass is 9.95. The summed E-state index contributed by atoms with van der Waals surface area (Å²) < 4.78 is 0. The summed E-state index contributed by atoms with van der Waals surface area (Å²) in [6, 6.07) is 2.25. The Morgan fingerprint density at radius 3 is 2.65 bits per heavy atom. The molecule has 0 radical (unpaired) electrons. The van der Waals surface area contributed by atoms with Crippen molar-refractivity contribution in [2.75, 3.05) is 6.54 Å². The van der Waals surface area contributed by atoms with Crippen LogP contribution in [-0.2, 0) is 0 Å². The quantitative estimate of drug-likeness (QED) is 0.693. The van der Waals surface area contributed by atoms with E-state index in [0.29, 0.717) is 6.54 Å². The lowest BCUT2D eigenvalue weighted by Crippen LogP contribution is -2.29. The Hall–Kier alpha value is -1.69. The monoisotopic (exact) mass is 233 g/mol. The molecule has 0 aliphatic heterocycles. The Bertz CT molecular complexity index is 352. The predicted octanol–water partition coefficient (Wildman–Crippen LogP) is 2.69. The molecule has 0 aliphatic carbocycles. The van der Waals surface area contributed by atoms with Crippen LogP contribution in [0.4, 0.5) is 0 Å². The number of allylic oxidation sites excluding steroid dienone is 4. The summed E-state index contributed by atoms with van der Waals surface area (Å²) in [5, 5.41) is 12.1. The maximum absolute atomic E-state index is 8.89. The Kier molecular flexibility index (Phi) is 6.12. The molecule has 0 saturated carbocycles. The van der Waals surface area contributed by atoms with E-state index in [4.69, 9.17) is 11.0 Å². The van der Waals surface area contributed by atoms with Gasteiger partial charge in [-0.25, -0.2) is 0 Å². The van der Waals surface area contributed by atoms with Gasteiger partial charge in [-0.1, -0.05) is 25.7 Å². The molecule has 1 atom stereocenters. The number of nitrogens with two attached hydrogens (primary N) is 1. The van der Waals surface area contributed by atoms with E-state index in [9.17, 15) is 0 Å². The van der Waals surface area contributed by atoms with E-state index in [0.717, 1.165) is 11.4 Å². The first-order valence-electron chi connectivity index (χ1n) is 5.73. The highest BCUT2D eigenvalue weighted by Crippen LogP contribution is 2.14. The second kappa shape index (κ2) is 6.80. The molecule has 3 heteroatoms. The first-order valence-corrected chi connectivity index (χ1v) is 5.73. The first kappa shape index (κ1) is 15.3. The van der Waals surface area contributed by atoms with E-state index in [2.05, 4.69) is 18.0 Å². The molecule has 17 heavy (non-hydrogen) atoms. The van der Waals surface area contributed by atoms with Gasteiger partial charge in [0.15, 0.2) is 0 Å². The van der Waals surface area contributed by atoms with Crippen molar-refractivity contribution in [1.82, 2.24) is 5.32 Å². The topological polar surface area (TPSA) is 61.8 Å². The molecular weight excluding hydrogens is 210 g/mol. The van der Waals surface area contributed by atoms with Gasteiger partial charge in [0.1, 0.15) is 0 Å². The minimum atomic E-state index is -0.375. The minimum absolute atomic E-state index is 0.208. The molecule has 0 fully saturated rings. The van der Waals surface area contributed by atoms with Gasteiger partial charge in [0.05, 0.1) is 11.5 Å². The third-order valence-electron chi connectivity index (χ3n) is 2.37. The van der Waals surface area contributed by atoms with E-state index in [1.54, 1.807) is 0 Å². The van der Waals surface area contributed by atoms with Crippen LogP contribution in [0.15, 0.2) is 36.2 Å². The van der Waals surface area contributed by atoms with Crippen molar-refractivity contribution in [3.8, 4) is 6.07 Å². The highest BCUT2D eigenvalue weighted by atomic mass is 14.9. The van der Waals surface area contributed by atoms with E-state index < -0.39 is 0 Å². The fourth-order valence-electron chi connectivity index (χ4n) is 1.03. The summed E-state index contributed by atoms with van der Waals surface area (Å²) in [4.78, 5) is 0. The van der Waals surface area contributed by atoms with Crippen LogP contribution in [0.25, 0.3) is 0 Å². The molecule has 0 spiro atoms. The van der Waals surface area contributed by atoms with Gasteiger partial charge < -0.3 is 11.1 Å². The van der Waals surface area contributed by atoms with Gasteiger partial charge in [0, 0.05) is 23.9 Å². The number of hydrogen-bond acceptors (Lipinski definition) is 3. The third kappa shape index (κ3) is 7.24. The second-order valence-corrected chi connectivity index (χ2v) is 4.96. The van der Waals surface area contributed by atoms with Crippen molar-refractivity contribution in [3.63, 3.8) is 0 Å². The maximum atomic E-state index is 8.89. The van der Waals surface area contributed by atoms with E-state index in [-0.39, 0.29) is 11.3 Å². The molecule has 3 nitrogen and oxygen atoms in total. The molecule has 0 bridgehead atoms. The van der Waals surface area contributed by atoms with Crippen LogP contribution in [0, 0.1) is 22.7 Å². The Balaban J connectivity index is 4.21. The summed E-state index contributed by atoms with van der Waals surface area (Å²) in [6.07, 6.45) is 5.79. The van der Waals surface area contributed by atoms with Crippen LogP contribution >= 0.6 is 0 Å². The van der Waals surface area contributed by atoms with Crippen LogP contribution in [0.1, 0.15) is 27.7 Å². The van der Waals surface area contributed by atoms with Crippen LogP contribution in [0.5, 0.6) is 0 Å². The molecule has 0 aromatic heterocycles. The fraction of sp³-hybridized carbons (Fsp3) is 0.500. The molecule has 0 saturated heterocycles. The normalized spacial score (nSPS) is 14.4. The third-order valence-corrected chi connectivity index (χ3v) is 2.37. The second-order valence-electron chi connectivity index (χ2n) is 4.96. The number of hydrogen-bond donors (Lipinski definition) is 2. The lowest BCUT2D eigenvalue weighted by Gasteiger charge is -2.20. The molecule has 0 amide bonds. The van der Waals surface area contributed by atoms with Crippen molar-refractivity contribution in [1.29, 1.82) is 5.26 Å². The number of nitrogens with zero attached hydrogens (tertiary/aromatic N) is 1. The molecule has 1 unspecified atom stereocenters. The number of rotatable bonds is 6. The van der Waals surface area contributed by atoms with Gasteiger partial charge in [-0.2, -0.15) is 5.26 Å². The molecule has 0 aliphatic rings. The molecule has 0 heterocycles.